The number of halogens is 2. The molecule has 0 saturated carbocycles. The van der Waals surface area contributed by atoms with Crippen LogP contribution in [0.5, 0.6) is 0 Å². The van der Waals surface area contributed by atoms with Crippen molar-refractivity contribution in [3.63, 3.8) is 0 Å². The summed E-state index contributed by atoms with van der Waals surface area (Å²) in [6, 6.07) is 3.13. The molecular formula is C11H11ClFNO2. The first-order valence-corrected chi connectivity index (χ1v) is 5.06. The van der Waals surface area contributed by atoms with Crippen LogP contribution in [0.1, 0.15) is 24.2 Å². The zero-order valence-electron chi connectivity index (χ0n) is 8.88. The Morgan fingerprint density at radius 1 is 1.44 bits per heavy atom. The van der Waals surface area contributed by atoms with E-state index in [2.05, 4.69) is 5.32 Å². The summed E-state index contributed by atoms with van der Waals surface area (Å²) in [4.78, 5) is 22.5. The van der Waals surface area contributed by atoms with Gasteiger partial charge in [-0.2, -0.15) is 0 Å². The summed E-state index contributed by atoms with van der Waals surface area (Å²) in [5.41, 5.74) is 0.134. The molecule has 3 nitrogen and oxygen atoms in total. The molecule has 0 saturated heterocycles. The normalized spacial score (nSPS) is 12.0. The van der Waals surface area contributed by atoms with Gasteiger partial charge in [0.05, 0.1) is 11.1 Å². The van der Waals surface area contributed by atoms with Crippen molar-refractivity contribution in [1.82, 2.24) is 5.32 Å². The average Bonchev–Trinajstić information content (AvgIpc) is 2.21. The SMILES string of the molecule is CC(=O)C(C)NC(=O)c1ccc(Cl)c(F)c1. The van der Waals surface area contributed by atoms with Gasteiger partial charge in [0.25, 0.3) is 5.91 Å². The third kappa shape index (κ3) is 3.03. The molecule has 0 aliphatic carbocycles. The Morgan fingerprint density at radius 3 is 2.56 bits per heavy atom. The zero-order valence-corrected chi connectivity index (χ0v) is 9.64. The number of carbonyl (C=O) groups is 2. The van der Waals surface area contributed by atoms with Crippen molar-refractivity contribution in [2.75, 3.05) is 0 Å². The van der Waals surface area contributed by atoms with Crippen LogP contribution in [0.3, 0.4) is 0 Å². The summed E-state index contributed by atoms with van der Waals surface area (Å²) in [7, 11) is 0. The van der Waals surface area contributed by atoms with E-state index in [1.165, 1.54) is 19.1 Å². The summed E-state index contributed by atoms with van der Waals surface area (Å²) in [5.74, 6) is -1.33. The van der Waals surface area contributed by atoms with Crippen molar-refractivity contribution in [2.45, 2.75) is 19.9 Å². The monoisotopic (exact) mass is 243 g/mol. The summed E-state index contributed by atoms with van der Waals surface area (Å²) < 4.78 is 13.1. The fourth-order valence-corrected chi connectivity index (χ4v) is 1.14. The lowest BCUT2D eigenvalue weighted by Gasteiger charge is -2.10. The summed E-state index contributed by atoms with van der Waals surface area (Å²) >= 11 is 5.48. The van der Waals surface area contributed by atoms with E-state index in [-0.39, 0.29) is 16.4 Å². The Morgan fingerprint density at radius 2 is 2.06 bits per heavy atom. The molecule has 0 aliphatic rings. The first-order valence-electron chi connectivity index (χ1n) is 4.68. The number of nitrogens with one attached hydrogen (secondary N) is 1. The Balaban J connectivity index is 2.81. The molecule has 1 rings (SSSR count). The number of hydrogen-bond acceptors (Lipinski definition) is 2. The molecule has 5 heteroatoms. The number of amides is 1. The molecule has 1 atom stereocenters. The van der Waals surface area contributed by atoms with Gasteiger partial charge in [-0.3, -0.25) is 9.59 Å². The highest BCUT2D eigenvalue weighted by atomic mass is 35.5. The molecule has 86 valence electrons. The molecule has 0 aliphatic heterocycles. The van der Waals surface area contributed by atoms with E-state index < -0.39 is 17.8 Å². The van der Waals surface area contributed by atoms with Crippen LogP contribution < -0.4 is 5.32 Å². The number of hydrogen-bond donors (Lipinski definition) is 1. The molecule has 0 radical (unpaired) electrons. The minimum Gasteiger partial charge on any atom is -0.343 e. The molecule has 1 aromatic rings. The van der Waals surface area contributed by atoms with E-state index in [4.69, 9.17) is 11.6 Å². The summed E-state index contributed by atoms with van der Waals surface area (Å²) in [5, 5.41) is 2.40. The van der Waals surface area contributed by atoms with Crippen LogP contribution in [0.15, 0.2) is 18.2 Å². The molecule has 0 heterocycles. The van der Waals surface area contributed by atoms with Crippen LogP contribution >= 0.6 is 11.6 Å². The first kappa shape index (κ1) is 12.6. The van der Waals surface area contributed by atoms with Crippen LogP contribution in [0.25, 0.3) is 0 Å². The van der Waals surface area contributed by atoms with Gasteiger partial charge >= 0.3 is 0 Å². The Hall–Kier alpha value is -1.42. The van der Waals surface area contributed by atoms with E-state index in [1.807, 2.05) is 0 Å². The van der Waals surface area contributed by atoms with Crippen molar-refractivity contribution >= 4 is 23.3 Å². The molecule has 0 fully saturated rings. The van der Waals surface area contributed by atoms with Gasteiger partial charge < -0.3 is 5.32 Å². The van der Waals surface area contributed by atoms with Crippen LogP contribution in [-0.4, -0.2) is 17.7 Å². The molecule has 1 unspecified atom stereocenters. The van der Waals surface area contributed by atoms with E-state index in [1.54, 1.807) is 6.92 Å². The predicted octanol–water partition coefficient (Wildman–Crippen LogP) is 2.19. The predicted molar refractivity (Wildman–Crippen MR) is 59.0 cm³/mol. The van der Waals surface area contributed by atoms with Gasteiger partial charge in [-0.25, -0.2) is 4.39 Å². The van der Waals surface area contributed by atoms with Crippen LogP contribution in [0.4, 0.5) is 4.39 Å². The Kier molecular flexibility index (Phi) is 4.01. The van der Waals surface area contributed by atoms with E-state index in [9.17, 15) is 14.0 Å². The number of Topliss-reactive ketones (excluding diaryl/α,β-unsaturated/α-hetero) is 1. The van der Waals surface area contributed by atoms with Gasteiger partial charge in [0.15, 0.2) is 5.78 Å². The third-order valence-corrected chi connectivity index (χ3v) is 2.45. The second kappa shape index (κ2) is 5.07. The van der Waals surface area contributed by atoms with Crippen LogP contribution in [-0.2, 0) is 4.79 Å². The van der Waals surface area contributed by atoms with Crippen molar-refractivity contribution < 1.29 is 14.0 Å². The topological polar surface area (TPSA) is 46.2 Å². The lowest BCUT2D eigenvalue weighted by Crippen LogP contribution is -2.37. The second-order valence-electron chi connectivity index (χ2n) is 3.43. The smallest absolute Gasteiger partial charge is 0.251 e. The van der Waals surface area contributed by atoms with Gasteiger partial charge in [-0.05, 0) is 32.0 Å². The maximum absolute atomic E-state index is 13.1. The summed E-state index contributed by atoms with van der Waals surface area (Å²) in [6.07, 6.45) is 0. The number of ketones is 1. The minimum absolute atomic E-state index is 0.0452. The molecule has 0 spiro atoms. The maximum atomic E-state index is 13.1. The van der Waals surface area contributed by atoms with Gasteiger partial charge in [0.2, 0.25) is 0 Å². The minimum atomic E-state index is -0.662. The van der Waals surface area contributed by atoms with Crippen LogP contribution in [0, 0.1) is 5.82 Å². The van der Waals surface area contributed by atoms with Crippen molar-refractivity contribution in [3.8, 4) is 0 Å². The molecule has 0 aromatic heterocycles. The van der Waals surface area contributed by atoms with E-state index in [0.717, 1.165) is 6.07 Å². The molecular weight excluding hydrogens is 233 g/mol. The fourth-order valence-electron chi connectivity index (χ4n) is 1.02. The highest BCUT2D eigenvalue weighted by Crippen LogP contribution is 2.15. The van der Waals surface area contributed by atoms with Crippen molar-refractivity contribution in [2.24, 2.45) is 0 Å². The standard InChI is InChI=1S/C11H11ClFNO2/c1-6(7(2)15)14-11(16)8-3-4-9(12)10(13)5-8/h3-6H,1-2H3,(H,14,16). The van der Waals surface area contributed by atoms with Crippen LogP contribution in [0.2, 0.25) is 5.02 Å². The lowest BCUT2D eigenvalue weighted by atomic mass is 10.1. The van der Waals surface area contributed by atoms with Gasteiger partial charge in [0, 0.05) is 5.56 Å². The van der Waals surface area contributed by atoms with Crippen molar-refractivity contribution in [3.05, 3.63) is 34.6 Å². The van der Waals surface area contributed by atoms with E-state index in [0.29, 0.717) is 0 Å². The van der Waals surface area contributed by atoms with Gasteiger partial charge in [-0.1, -0.05) is 11.6 Å². The fraction of sp³-hybridized carbons (Fsp3) is 0.273. The number of carbonyl (C=O) groups excluding carboxylic acids is 2. The second-order valence-corrected chi connectivity index (χ2v) is 3.84. The zero-order chi connectivity index (χ0) is 12.3. The first-order chi connectivity index (χ1) is 7.41. The largest absolute Gasteiger partial charge is 0.343 e. The molecule has 1 amide bonds. The average molecular weight is 244 g/mol. The highest BCUT2D eigenvalue weighted by Gasteiger charge is 2.14. The molecule has 0 bridgehead atoms. The maximum Gasteiger partial charge on any atom is 0.251 e. The van der Waals surface area contributed by atoms with Gasteiger partial charge in [0.1, 0.15) is 5.82 Å². The van der Waals surface area contributed by atoms with Gasteiger partial charge in [-0.15, -0.1) is 0 Å². The number of rotatable bonds is 3. The number of benzene rings is 1. The summed E-state index contributed by atoms with van der Waals surface area (Å²) in [6.45, 7) is 2.93. The Bertz CT molecular complexity index is 434. The lowest BCUT2D eigenvalue weighted by molar-refractivity contribution is -0.118. The molecule has 1 N–H and O–H groups in total. The van der Waals surface area contributed by atoms with E-state index >= 15 is 0 Å². The molecule has 16 heavy (non-hydrogen) atoms. The quantitative estimate of drug-likeness (QED) is 0.885. The highest BCUT2D eigenvalue weighted by molar-refractivity contribution is 6.30. The third-order valence-electron chi connectivity index (χ3n) is 2.14. The Labute approximate surface area is 97.6 Å². The van der Waals surface area contributed by atoms with Crippen molar-refractivity contribution in [1.29, 1.82) is 0 Å². The molecule has 1 aromatic carbocycles.